The largest absolute Gasteiger partial charge is 0.491 e. The number of ether oxygens (including phenoxy) is 1. The number of carbonyl (C=O) groups excluding carboxylic acids is 1. The lowest BCUT2D eigenvalue weighted by molar-refractivity contribution is -0.125. The molecule has 31 heavy (non-hydrogen) atoms. The number of halogens is 2. The number of hydrogen-bond donors (Lipinski definition) is 2. The fraction of sp³-hybridized carbons (Fsp3) is 0.458. The van der Waals surface area contributed by atoms with E-state index in [0.717, 1.165) is 6.42 Å². The minimum Gasteiger partial charge on any atom is -0.491 e. The smallest absolute Gasteiger partial charge is 0.234 e. The van der Waals surface area contributed by atoms with E-state index >= 15 is 0 Å². The minimum atomic E-state index is -0.925. The van der Waals surface area contributed by atoms with E-state index in [1.165, 1.54) is 5.56 Å². The highest BCUT2D eigenvalue weighted by molar-refractivity contribution is 6.42. The van der Waals surface area contributed by atoms with Gasteiger partial charge in [0, 0.05) is 24.7 Å². The van der Waals surface area contributed by atoms with Gasteiger partial charge in [0.2, 0.25) is 5.91 Å². The monoisotopic (exact) mass is 464 g/mol. The zero-order valence-corrected chi connectivity index (χ0v) is 19.5. The van der Waals surface area contributed by atoms with Crippen LogP contribution in [0.3, 0.4) is 0 Å². The van der Waals surface area contributed by atoms with Gasteiger partial charge in [-0.1, -0.05) is 53.5 Å². The molecule has 3 rings (SSSR count). The van der Waals surface area contributed by atoms with Crippen LogP contribution in [0, 0.1) is 0 Å². The molecular weight excluding hydrogens is 435 g/mol. The fourth-order valence-corrected chi connectivity index (χ4v) is 4.11. The van der Waals surface area contributed by atoms with Crippen molar-refractivity contribution < 1.29 is 14.6 Å². The van der Waals surface area contributed by atoms with Crippen molar-refractivity contribution in [3.05, 3.63) is 64.1 Å². The molecule has 0 bridgehead atoms. The molecule has 0 aromatic heterocycles. The number of hydrogen-bond acceptors (Lipinski definition) is 4. The summed E-state index contributed by atoms with van der Waals surface area (Å²) in [5, 5.41) is 14.9. The van der Waals surface area contributed by atoms with E-state index in [-0.39, 0.29) is 18.1 Å². The first-order chi connectivity index (χ1) is 14.6. The van der Waals surface area contributed by atoms with Crippen LogP contribution in [0.1, 0.15) is 32.3 Å². The molecule has 1 saturated heterocycles. The molecule has 2 N–H and O–H groups in total. The molecule has 0 aliphatic carbocycles. The second kappa shape index (κ2) is 10.2. The van der Waals surface area contributed by atoms with Crippen LogP contribution >= 0.6 is 23.2 Å². The fourth-order valence-electron chi connectivity index (χ4n) is 3.83. The average Bonchev–Trinajstić information content (AvgIpc) is 2.71. The number of nitrogens with one attached hydrogen (secondary N) is 1. The number of piperidine rings is 1. The summed E-state index contributed by atoms with van der Waals surface area (Å²) in [6, 6.07) is 15.2. The molecule has 7 heteroatoms. The van der Waals surface area contributed by atoms with Gasteiger partial charge in [-0.3, -0.25) is 9.69 Å². The number of benzene rings is 2. The predicted octanol–water partition coefficient (Wildman–Crippen LogP) is 4.34. The van der Waals surface area contributed by atoms with Gasteiger partial charge in [0.25, 0.3) is 0 Å². The molecule has 1 aliphatic rings. The van der Waals surface area contributed by atoms with Crippen molar-refractivity contribution in [3.8, 4) is 5.75 Å². The van der Waals surface area contributed by atoms with Crippen molar-refractivity contribution in [2.24, 2.45) is 0 Å². The molecule has 5 nitrogen and oxygen atoms in total. The van der Waals surface area contributed by atoms with Crippen LogP contribution in [0.2, 0.25) is 10.0 Å². The summed E-state index contributed by atoms with van der Waals surface area (Å²) in [5.74, 6) is 0.573. The lowest BCUT2D eigenvalue weighted by Crippen LogP contribution is -2.53. The summed E-state index contributed by atoms with van der Waals surface area (Å²) in [5.41, 5.74) is -0.0632. The Bertz CT molecular complexity index is 882. The highest BCUT2D eigenvalue weighted by Gasteiger charge is 2.34. The third-order valence-electron chi connectivity index (χ3n) is 5.52. The molecule has 0 unspecified atom stereocenters. The van der Waals surface area contributed by atoms with Gasteiger partial charge in [-0.25, -0.2) is 0 Å². The van der Waals surface area contributed by atoms with Crippen LogP contribution < -0.4 is 10.1 Å². The maximum Gasteiger partial charge on any atom is 0.234 e. The minimum absolute atomic E-state index is 0.00146. The number of likely N-dealkylation sites (tertiary alicyclic amines) is 1. The van der Waals surface area contributed by atoms with Crippen LogP contribution in [-0.2, 0) is 11.2 Å². The Morgan fingerprint density at radius 3 is 2.45 bits per heavy atom. The number of aliphatic hydroxyl groups is 1. The Morgan fingerprint density at radius 2 is 1.81 bits per heavy atom. The van der Waals surface area contributed by atoms with Gasteiger partial charge < -0.3 is 15.2 Å². The van der Waals surface area contributed by atoms with Crippen LogP contribution in [0.5, 0.6) is 5.75 Å². The van der Waals surface area contributed by atoms with E-state index in [0.29, 0.717) is 48.3 Å². The molecular formula is C24H30Cl2N2O3. The topological polar surface area (TPSA) is 61.8 Å². The number of amides is 1. The summed E-state index contributed by atoms with van der Waals surface area (Å²) >= 11 is 11.9. The zero-order chi connectivity index (χ0) is 22.5. The molecule has 0 atom stereocenters. The molecule has 1 fully saturated rings. The number of nitrogens with zero attached hydrogens (tertiary/aromatic N) is 1. The Balaban J connectivity index is 1.43. The second-order valence-electron chi connectivity index (χ2n) is 8.96. The first-order valence-electron chi connectivity index (χ1n) is 10.5. The number of carbonyl (C=O) groups is 1. The van der Waals surface area contributed by atoms with Crippen LogP contribution in [-0.4, -0.2) is 53.3 Å². The van der Waals surface area contributed by atoms with Gasteiger partial charge in [-0.2, -0.15) is 0 Å². The predicted molar refractivity (Wildman–Crippen MR) is 125 cm³/mol. The summed E-state index contributed by atoms with van der Waals surface area (Å²) in [4.78, 5) is 14.7. The Labute approximate surface area is 194 Å². The Kier molecular flexibility index (Phi) is 7.87. The third-order valence-corrected chi connectivity index (χ3v) is 6.26. The van der Waals surface area contributed by atoms with Gasteiger partial charge in [-0.15, -0.1) is 0 Å². The first kappa shape index (κ1) is 23.9. The van der Waals surface area contributed by atoms with Crippen molar-refractivity contribution in [1.29, 1.82) is 0 Å². The molecule has 0 radical (unpaired) electrons. The molecule has 1 amide bonds. The van der Waals surface area contributed by atoms with Crippen LogP contribution in [0.25, 0.3) is 0 Å². The molecule has 0 spiro atoms. The molecule has 2 aromatic carbocycles. The van der Waals surface area contributed by atoms with E-state index in [1.807, 2.05) is 32.0 Å². The van der Waals surface area contributed by atoms with E-state index < -0.39 is 5.60 Å². The van der Waals surface area contributed by atoms with Crippen molar-refractivity contribution in [1.82, 2.24) is 10.2 Å². The summed E-state index contributed by atoms with van der Waals surface area (Å²) in [7, 11) is 0. The van der Waals surface area contributed by atoms with E-state index in [4.69, 9.17) is 27.9 Å². The molecule has 168 valence electrons. The lowest BCUT2D eigenvalue weighted by atomic mass is 9.92. The number of rotatable bonds is 8. The van der Waals surface area contributed by atoms with Crippen molar-refractivity contribution in [2.45, 2.75) is 44.2 Å². The van der Waals surface area contributed by atoms with Gasteiger partial charge in [0.1, 0.15) is 18.0 Å². The maximum absolute atomic E-state index is 12.6. The summed E-state index contributed by atoms with van der Waals surface area (Å²) in [6.45, 7) is 5.83. The second-order valence-corrected chi connectivity index (χ2v) is 9.77. The summed E-state index contributed by atoms with van der Waals surface area (Å²) in [6.07, 6.45) is 1.84. The summed E-state index contributed by atoms with van der Waals surface area (Å²) < 4.78 is 5.73. The molecule has 1 heterocycles. The third kappa shape index (κ3) is 7.39. The van der Waals surface area contributed by atoms with Crippen molar-refractivity contribution >= 4 is 29.1 Å². The lowest BCUT2D eigenvalue weighted by Gasteiger charge is -2.38. The quantitative estimate of drug-likeness (QED) is 0.609. The normalized spacial score (nSPS) is 16.7. The molecule has 2 aromatic rings. The van der Waals surface area contributed by atoms with Gasteiger partial charge in [0.05, 0.1) is 16.6 Å². The van der Waals surface area contributed by atoms with Gasteiger partial charge in [0.15, 0.2) is 0 Å². The highest BCUT2D eigenvalue weighted by atomic mass is 35.5. The first-order valence-corrected chi connectivity index (χ1v) is 11.3. The van der Waals surface area contributed by atoms with Crippen molar-refractivity contribution in [3.63, 3.8) is 0 Å². The standard InChI is InChI=1S/C24H30Cl2N2O3/c1-23(2,15-18-6-4-3-5-7-18)27-22(29)16-28-12-10-24(30,11-13-28)17-31-19-8-9-20(25)21(26)14-19/h3-9,14,30H,10-13,15-17H2,1-2H3,(H,27,29). The van der Waals surface area contributed by atoms with E-state index in [9.17, 15) is 9.90 Å². The average molecular weight is 465 g/mol. The Hall–Kier alpha value is -1.79. The molecule has 1 aliphatic heterocycles. The van der Waals surface area contributed by atoms with Gasteiger partial charge in [-0.05, 0) is 50.8 Å². The SMILES string of the molecule is CC(C)(Cc1ccccc1)NC(=O)CN1CCC(O)(COc2ccc(Cl)c(Cl)c2)CC1. The molecule has 0 saturated carbocycles. The van der Waals surface area contributed by atoms with E-state index in [1.54, 1.807) is 18.2 Å². The Morgan fingerprint density at radius 1 is 1.13 bits per heavy atom. The van der Waals surface area contributed by atoms with Crippen molar-refractivity contribution in [2.75, 3.05) is 26.2 Å². The van der Waals surface area contributed by atoms with Gasteiger partial charge >= 0.3 is 0 Å². The van der Waals surface area contributed by atoms with E-state index in [2.05, 4.69) is 22.3 Å². The zero-order valence-electron chi connectivity index (χ0n) is 18.0. The van der Waals surface area contributed by atoms with Crippen LogP contribution in [0.4, 0.5) is 0 Å². The van der Waals surface area contributed by atoms with Crippen LogP contribution in [0.15, 0.2) is 48.5 Å². The maximum atomic E-state index is 12.6. The highest BCUT2D eigenvalue weighted by Crippen LogP contribution is 2.28.